The summed E-state index contributed by atoms with van der Waals surface area (Å²) < 4.78 is 1.97. The van der Waals surface area contributed by atoms with Crippen LogP contribution in [0.1, 0.15) is 31.4 Å². The van der Waals surface area contributed by atoms with Gasteiger partial charge in [-0.3, -0.25) is 14.6 Å². The maximum atomic E-state index is 4.40. The lowest BCUT2D eigenvalue weighted by atomic mass is 10.1. The zero-order chi connectivity index (χ0) is 18.9. The number of aromatic nitrogens is 2. The molecule has 2 heterocycles. The van der Waals surface area contributed by atoms with E-state index in [2.05, 4.69) is 62.9 Å². The summed E-state index contributed by atoms with van der Waals surface area (Å²) in [6.45, 7) is 7.19. The van der Waals surface area contributed by atoms with Crippen LogP contribution in [0.2, 0.25) is 0 Å². The number of rotatable bonds is 8. The Morgan fingerprint density at radius 2 is 1.85 bits per heavy atom. The third-order valence-electron chi connectivity index (χ3n) is 5.13. The van der Waals surface area contributed by atoms with Crippen LogP contribution in [0.15, 0.2) is 53.8 Å². The van der Waals surface area contributed by atoms with Gasteiger partial charge in [0.1, 0.15) is 0 Å². The molecule has 2 N–H and O–H groups in total. The van der Waals surface area contributed by atoms with Gasteiger partial charge in [-0.2, -0.15) is 5.10 Å². The first-order valence-corrected chi connectivity index (χ1v) is 9.97. The lowest BCUT2D eigenvalue weighted by molar-refractivity contribution is 0.245. The standard InChI is InChI=1S/C21H32N6/c1-18(17-27-14-8-11-25-27)15-23-21(22-2)24-16-20(26-12-6-7-13-26)19-9-4-3-5-10-19/h3-5,8-11,14,18,20H,6-7,12-13,15-17H2,1-2H3,(H2,22,23,24). The first-order valence-electron chi connectivity index (χ1n) is 9.97. The van der Waals surface area contributed by atoms with Crippen molar-refractivity contribution < 1.29 is 0 Å². The molecule has 2 aromatic rings. The second-order valence-corrected chi connectivity index (χ2v) is 7.34. The van der Waals surface area contributed by atoms with E-state index < -0.39 is 0 Å². The van der Waals surface area contributed by atoms with Gasteiger partial charge in [-0.15, -0.1) is 0 Å². The van der Waals surface area contributed by atoms with Crippen LogP contribution in [0.3, 0.4) is 0 Å². The number of nitrogens with one attached hydrogen (secondary N) is 2. The minimum Gasteiger partial charge on any atom is -0.356 e. The summed E-state index contributed by atoms with van der Waals surface area (Å²) >= 11 is 0. The maximum Gasteiger partial charge on any atom is 0.191 e. The summed E-state index contributed by atoms with van der Waals surface area (Å²) in [6, 6.07) is 13.1. The summed E-state index contributed by atoms with van der Waals surface area (Å²) in [5, 5.41) is 11.3. The highest BCUT2D eigenvalue weighted by Crippen LogP contribution is 2.24. The SMILES string of the molecule is CN=C(NCC(C)Cn1cccn1)NCC(c1ccccc1)N1CCCC1. The minimum atomic E-state index is 0.383. The molecule has 0 aliphatic carbocycles. The van der Waals surface area contributed by atoms with Crippen molar-refractivity contribution in [3.05, 3.63) is 54.4 Å². The average Bonchev–Trinajstić information content (AvgIpc) is 3.39. The smallest absolute Gasteiger partial charge is 0.191 e. The van der Waals surface area contributed by atoms with Crippen LogP contribution in [-0.2, 0) is 6.54 Å². The van der Waals surface area contributed by atoms with Gasteiger partial charge in [-0.1, -0.05) is 37.3 Å². The Labute approximate surface area is 162 Å². The molecular formula is C21H32N6. The molecule has 3 rings (SSSR count). The van der Waals surface area contributed by atoms with Crippen molar-refractivity contribution in [2.75, 3.05) is 33.2 Å². The van der Waals surface area contributed by atoms with E-state index in [0.717, 1.165) is 25.6 Å². The summed E-state index contributed by atoms with van der Waals surface area (Å²) in [5.74, 6) is 1.33. The van der Waals surface area contributed by atoms with Crippen molar-refractivity contribution in [3.8, 4) is 0 Å². The number of aliphatic imine (C=N–C) groups is 1. The second kappa shape index (κ2) is 10.1. The normalized spacial score (nSPS) is 17.6. The van der Waals surface area contributed by atoms with E-state index in [1.54, 1.807) is 0 Å². The molecule has 1 aromatic heterocycles. The van der Waals surface area contributed by atoms with Crippen molar-refractivity contribution in [2.45, 2.75) is 32.4 Å². The van der Waals surface area contributed by atoms with Crippen LogP contribution in [0.25, 0.3) is 0 Å². The van der Waals surface area contributed by atoms with E-state index in [4.69, 9.17) is 0 Å². The van der Waals surface area contributed by atoms with Gasteiger partial charge >= 0.3 is 0 Å². The molecule has 146 valence electrons. The van der Waals surface area contributed by atoms with Gasteiger partial charge in [0.2, 0.25) is 0 Å². The molecule has 1 aromatic carbocycles. The zero-order valence-corrected chi connectivity index (χ0v) is 16.5. The maximum absolute atomic E-state index is 4.40. The Morgan fingerprint density at radius 3 is 2.52 bits per heavy atom. The predicted octanol–water partition coefficient (Wildman–Crippen LogP) is 2.52. The lowest BCUT2D eigenvalue weighted by Crippen LogP contribution is -2.44. The highest BCUT2D eigenvalue weighted by molar-refractivity contribution is 5.79. The largest absolute Gasteiger partial charge is 0.356 e. The summed E-state index contributed by atoms with van der Waals surface area (Å²) in [5.41, 5.74) is 1.37. The summed E-state index contributed by atoms with van der Waals surface area (Å²) in [6.07, 6.45) is 6.41. The molecule has 0 bridgehead atoms. The van der Waals surface area contributed by atoms with E-state index in [-0.39, 0.29) is 0 Å². The Hall–Kier alpha value is -2.34. The summed E-state index contributed by atoms with van der Waals surface area (Å²) in [7, 11) is 1.83. The molecule has 1 saturated heterocycles. The fourth-order valence-corrected chi connectivity index (χ4v) is 3.66. The molecule has 1 aliphatic heterocycles. The van der Waals surface area contributed by atoms with E-state index >= 15 is 0 Å². The third kappa shape index (κ3) is 5.82. The first kappa shape index (κ1) is 19.4. The van der Waals surface area contributed by atoms with Crippen LogP contribution in [0, 0.1) is 5.92 Å². The van der Waals surface area contributed by atoms with Gasteiger partial charge in [-0.25, -0.2) is 0 Å². The van der Waals surface area contributed by atoms with E-state index in [0.29, 0.717) is 12.0 Å². The van der Waals surface area contributed by atoms with Gasteiger partial charge in [0, 0.05) is 39.1 Å². The van der Waals surface area contributed by atoms with Crippen molar-refractivity contribution in [2.24, 2.45) is 10.9 Å². The molecule has 27 heavy (non-hydrogen) atoms. The van der Waals surface area contributed by atoms with Crippen molar-refractivity contribution >= 4 is 5.96 Å². The molecule has 0 amide bonds. The highest BCUT2D eigenvalue weighted by atomic mass is 15.3. The molecular weight excluding hydrogens is 336 g/mol. The van der Waals surface area contributed by atoms with E-state index in [1.165, 1.54) is 31.5 Å². The van der Waals surface area contributed by atoms with Gasteiger partial charge in [0.25, 0.3) is 0 Å². The van der Waals surface area contributed by atoms with Gasteiger partial charge in [0.05, 0.1) is 6.04 Å². The Balaban J connectivity index is 1.51. The first-order chi connectivity index (χ1) is 13.3. The Bertz CT molecular complexity index is 676. The highest BCUT2D eigenvalue weighted by Gasteiger charge is 2.23. The number of likely N-dealkylation sites (tertiary alicyclic amines) is 1. The number of guanidine groups is 1. The molecule has 2 atom stereocenters. The Morgan fingerprint density at radius 1 is 1.11 bits per heavy atom. The summed E-state index contributed by atoms with van der Waals surface area (Å²) in [4.78, 5) is 6.98. The number of benzene rings is 1. The van der Waals surface area contributed by atoms with Crippen LogP contribution >= 0.6 is 0 Å². The monoisotopic (exact) mass is 368 g/mol. The van der Waals surface area contributed by atoms with Gasteiger partial charge in [-0.05, 0) is 43.5 Å². The quantitative estimate of drug-likeness (QED) is 0.555. The second-order valence-electron chi connectivity index (χ2n) is 7.34. The van der Waals surface area contributed by atoms with Crippen LogP contribution in [0.4, 0.5) is 0 Å². The molecule has 0 saturated carbocycles. The molecule has 0 spiro atoms. The number of hydrogen-bond donors (Lipinski definition) is 2. The molecule has 1 aliphatic rings. The zero-order valence-electron chi connectivity index (χ0n) is 16.5. The van der Waals surface area contributed by atoms with Crippen LogP contribution in [0.5, 0.6) is 0 Å². The van der Waals surface area contributed by atoms with Crippen molar-refractivity contribution in [1.82, 2.24) is 25.3 Å². The molecule has 0 radical (unpaired) electrons. The Kier molecular flexibility index (Phi) is 7.27. The van der Waals surface area contributed by atoms with Crippen LogP contribution in [-0.4, -0.2) is 53.9 Å². The molecule has 2 unspecified atom stereocenters. The fraction of sp³-hybridized carbons (Fsp3) is 0.524. The van der Waals surface area contributed by atoms with Gasteiger partial charge in [0.15, 0.2) is 5.96 Å². The van der Waals surface area contributed by atoms with Gasteiger partial charge < -0.3 is 10.6 Å². The van der Waals surface area contributed by atoms with Crippen LogP contribution < -0.4 is 10.6 Å². The van der Waals surface area contributed by atoms with E-state index in [1.807, 2.05) is 30.2 Å². The molecule has 6 nitrogen and oxygen atoms in total. The van der Waals surface area contributed by atoms with Crippen molar-refractivity contribution in [1.29, 1.82) is 0 Å². The topological polar surface area (TPSA) is 57.5 Å². The molecule has 6 heteroatoms. The predicted molar refractivity (Wildman–Crippen MR) is 111 cm³/mol. The number of nitrogens with zero attached hydrogens (tertiary/aromatic N) is 4. The number of hydrogen-bond acceptors (Lipinski definition) is 3. The lowest BCUT2D eigenvalue weighted by Gasteiger charge is -2.29. The third-order valence-corrected chi connectivity index (χ3v) is 5.13. The fourth-order valence-electron chi connectivity index (χ4n) is 3.66. The van der Waals surface area contributed by atoms with E-state index in [9.17, 15) is 0 Å². The minimum absolute atomic E-state index is 0.383. The average molecular weight is 369 g/mol. The van der Waals surface area contributed by atoms with Crippen molar-refractivity contribution in [3.63, 3.8) is 0 Å². The molecule has 1 fully saturated rings.